The van der Waals surface area contributed by atoms with Crippen LogP contribution in [0.4, 0.5) is 5.69 Å². The Bertz CT molecular complexity index is 519. The van der Waals surface area contributed by atoms with Crippen LogP contribution in [0.3, 0.4) is 0 Å². The predicted octanol–water partition coefficient (Wildman–Crippen LogP) is 2.10. The molecule has 0 saturated heterocycles. The van der Waals surface area contributed by atoms with Gasteiger partial charge < -0.3 is 15.8 Å². The number of hydrogen-bond donors (Lipinski definition) is 3. The van der Waals surface area contributed by atoms with Gasteiger partial charge in [-0.1, -0.05) is 11.6 Å². The largest absolute Gasteiger partial charge is 0.478 e. The maximum absolute atomic E-state index is 10.7. The summed E-state index contributed by atoms with van der Waals surface area (Å²) in [6.07, 6.45) is 1.58. The molecule has 0 aliphatic rings. The van der Waals surface area contributed by atoms with E-state index < -0.39 is 5.97 Å². The fourth-order valence-corrected chi connectivity index (χ4v) is 1.65. The Morgan fingerprint density at radius 3 is 2.86 bits per heavy atom. The number of carbonyl (C=O) groups is 1. The van der Waals surface area contributed by atoms with Crippen LogP contribution < -0.4 is 5.73 Å². The molecule has 4 nitrogen and oxygen atoms in total. The summed E-state index contributed by atoms with van der Waals surface area (Å²) in [6.45, 7) is 0. The number of anilines is 1. The summed E-state index contributed by atoms with van der Waals surface area (Å²) in [6, 6.07) is 2.89. The van der Waals surface area contributed by atoms with Crippen LogP contribution in [-0.4, -0.2) is 16.1 Å². The quantitative estimate of drug-likeness (QED) is 0.631. The van der Waals surface area contributed by atoms with Crippen LogP contribution >= 0.6 is 11.6 Å². The summed E-state index contributed by atoms with van der Waals surface area (Å²) >= 11 is 5.85. The molecule has 0 amide bonds. The number of nitrogen functional groups attached to an aromatic ring is 1. The summed E-state index contributed by atoms with van der Waals surface area (Å²) in [5, 5.41) is 9.93. The first-order valence-corrected chi connectivity index (χ1v) is 4.27. The van der Waals surface area contributed by atoms with Gasteiger partial charge in [0.2, 0.25) is 0 Å². The summed E-state index contributed by atoms with van der Waals surface area (Å²) in [4.78, 5) is 13.5. The fraction of sp³-hybridized carbons (Fsp3) is 0. The number of aromatic carboxylic acids is 1. The molecular formula is C9H7ClN2O2. The highest BCUT2D eigenvalue weighted by atomic mass is 35.5. The summed E-state index contributed by atoms with van der Waals surface area (Å²) in [7, 11) is 0. The van der Waals surface area contributed by atoms with Crippen LogP contribution in [0.2, 0.25) is 5.02 Å². The maximum Gasteiger partial charge on any atom is 0.335 e. The molecule has 0 spiro atoms. The van der Waals surface area contributed by atoms with E-state index in [0.29, 0.717) is 21.6 Å². The van der Waals surface area contributed by atoms with Gasteiger partial charge in [-0.05, 0) is 12.1 Å². The molecule has 4 N–H and O–H groups in total. The Labute approximate surface area is 84.3 Å². The third-order valence-electron chi connectivity index (χ3n) is 2.01. The van der Waals surface area contributed by atoms with E-state index in [2.05, 4.69) is 4.98 Å². The van der Waals surface area contributed by atoms with Crippen molar-refractivity contribution >= 4 is 34.2 Å². The highest BCUT2D eigenvalue weighted by Crippen LogP contribution is 2.29. The topological polar surface area (TPSA) is 79.1 Å². The molecule has 0 aliphatic carbocycles. The second kappa shape index (κ2) is 2.92. The number of aromatic amines is 1. The molecule has 72 valence electrons. The van der Waals surface area contributed by atoms with Crippen LogP contribution in [0, 0.1) is 0 Å². The molecule has 0 atom stereocenters. The molecule has 14 heavy (non-hydrogen) atoms. The number of benzene rings is 1. The third kappa shape index (κ3) is 1.20. The van der Waals surface area contributed by atoms with Crippen molar-refractivity contribution in [3.63, 3.8) is 0 Å². The number of hydrogen-bond acceptors (Lipinski definition) is 2. The first-order chi connectivity index (χ1) is 6.59. The van der Waals surface area contributed by atoms with Crippen LogP contribution in [0.5, 0.6) is 0 Å². The van der Waals surface area contributed by atoms with Crippen molar-refractivity contribution in [1.29, 1.82) is 0 Å². The second-order valence-electron chi connectivity index (χ2n) is 2.93. The average molecular weight is 211 g/mol. The molecule has 0 unspecified atom stereocenters. The molecule has 1 aromatic carbocycles. The Hall–Kier alpha value is -1.68. The highest BCUT2D eigenvalue weighted by Gasteiger charge is 2.10. The van der Waals surface area contributed by atoms with Gasteiger partial charge in [0.1, 0.15) is 0 Å². The SMILES string of the molecule is Nc1cc(C(=O)O)cc2[nH]cc(Cl)c12. The standard InChI is InChI=1S/C9H7ClN2O2/c10-5-3-12-7-2-4(9(13)14)1-6(11)8(5)7/h1-3,12H,11H2,(H,13,14). The van der Waals surface area contributed by atoms with Crippen molar-refractivity contribution in [2.45, 2.75) is 0 Å². The monoisotopic (exact) mass is 210 g/mol. The molecule has 2 aromatic rings. The lowest BCUT2D eigenvalue weighted by atomic mass is 10.1. The first-order valence-electron chi connectivity index (χ1n) is 3.89. The van der Waals surface area contributed by atoms with E-state index in [9.17, 15) is 4.79 Å². The molecule has 5 heteroatoms. The number of nitrogens with one attached hydrogen (secondary N) is 1. The lowest BCUT2D eigenvalue weighted by molar-refractivity contribution is 0.0697. The molecule has 0 saturated carbocycles. The van der Waals surface area contributed by atoms with Crippen molar-refractivity contribution < 1.29 is 9.90 Å². The summed E-state index contributed by atoms with van der Waals surface area (Å²) in [5.41, 5.74) is 6.82. The highest BCUT2D eigenvalue weighted by molar-refractivity contribution is 6.36. The number of halogens is 1. The number of H-pyrrole nitrogens is 1. The van der Waals surface area contributed by atoms with Gasteiger partial charge in [-0.3, -0.25) is 0 Å². The molecular weight excluding hydrogens is 204 g/mol. The summed E-state index contributed by atoms with van der Waals surface area (Å²) in [5.74, 6) is -1.01. The van der Waals surface area contributed by atoms with Crippen LogP contribution in [0.15, 0.2) is 18.3 Å². The third-order valence-corrected chi connectivity index (χ3v) is 2.31. The minimum atomic E-state index is -1.01. The van der Waals surface area contributed by atoms with Crippen molar-refractivity contribution in [2.75, 3.05) is 5.73 Å². The molecule has 1 aromatic heterocycles. The van der Waals surface area contributed by atoms with Gasteiger partial charge in [-0.25, -0.2) is 4.79 Å². The Balaban J connectivity index is 2.80. The second-order valence-corrected chi connectivity index (χ2v) is 3.34. The van der Waals surface area contributed by atoms with Gasteiger partial charge >= 0.3 is 5.97 Å². The number of fused-ring (bicyclic) bond motifs is 1. The fourth-order valence-electron chi connectivity index (χ4n) is 1.38. The molecule has 0 aliphatic heterocycles. The minimum Gasteiger partial charge on any atom is -0.478 e. The predicted molar refractivity (Wildman–Crippen MR) is 54.7 cm³/mol. The Morgan fingerprint density at radius 2 is 2.21 bits per heavy atom. The maximum atomic E-state index is 10.7. The van der Waals surface area contributed by atoms with E-state index >= 15 is 0 Å². The zero-order valence-electron chi connectivity index (χ0n) is 7.04. The van der Waals surface area contributed by atoms with E-state index in [1.807, 2.05) is 0 Å². The van der Waals surface area contributed by atoms with E-state index in [1.165, 1.54) is 12.1 Å². The number of carboxylic acid groups (broad SMARTS) is 1. The van der Waals surface area contributed by atoms with Gasteiger partial charge in [0.25, 0.3) is 0 Å². The smallest absolute Gasteiger partial charge is 0.335 e. The van der Waals surface area contributed by atoms with E-state index in [0.717, 1.165) is 0 Å². The van der Waals surface area contributed by atoms with Crippen molar-refractivity contribution in [2.24, 2.45) is 0 Å². The van der Waals surface area contributed by atoms with Gasteiger partial charge in [-0.15, -0.1) is 0 Å². The van der Waals surface area contributed by atoms with Crippen molar-refractivity contribution in [3.05, 3.63) is 28.9 Å². The van der Waals surface area contributed by atoms with Crippen LogP contribution in [0.25, 0.3) is 10.9 Å². The van der Waals surface area contributed by atoms with Crippen LogP contribution in [0.1, 0.15) is 10.4 Å². The zero-order valence-corrected chi connectivity index (χ0v) is 7.80. The normalized spacial score (nSPS) is 10.6. The number of rotatable bonds is 1. The lowest BCUT2D eigenvalue weighted by Crippen LogP contribution is -1.98. The van der Waals surface area contributed by atoms with Gasteiger partial charge in [-0.2, -0.15) is 0 Å². The molecule has 0 radical (unpaired) electrons. The molecule has 2 rings (SSSR count). The van der Waals surface area contributed by atoms with E-state index in [-0.39, 0.29) is 5.56 Å². The number of nitrogens with two attached hydrogens (primary N) is 1. The first kappa shape index (κ1) is 8.90. The number of carboxylic acids is 1. The summed E-state index contributed by atoms with van der Waals surface area (Å²) < 4.78 is 0. The van der Waals surface area contributed by atoms with Crippen molar-refractivity contribution in [3.8, 4) is 0 Å². The van der Waals surface area contributed by atoms with Crippen LogP contribution in [-0.2, 0) is 0 Å². The minimum absolute atomic E-state index is 0.147. The Kier molecular flexibility index (Phi) is 1.86. The average Bonchev–Trinajstić information content (AvgIpc) is 2.48. The molecule has 1 heterocycles. The number of aromatic nitrogens is 1. The lowest BCUT2D eigenvalue weighted by Gasteiger charge is -1.99. The van der Waals surface area contributed by atoms with Gasteiger partial charge in [0.15, 0.2) is 0 Å². The molecule has 0 bridgehead atoms. The van der Waals surface area contributed by atoms with Gasteiger partial charge in [0.05, 0.1) is 10.6 Å². The Morgan fingerprint density at radius 1 is 1.50 bits per heavy atom. The van der Waals surface area contributed by atoms with Gasteiger partial charge in [0, 0.05) is 22.8 Å². The van der Waals surface area contributed by atoms with E-state index in [4.69, 9.17) is 22.4 Å². The van der Waals surface area contributed by atoms with E-state index in [1.54, 1.807) is 6.20 Å². The molecule has 0 fully saturated rings. The van der Waals surface area contributed by atoms with Crippen molar-refractivity contribution in [1.82, 2.24) is 4.98 Å². The zero-order chi connectivity index (χ0) is 10.3.